The van der Waals surface area contributed by atoms with Crippen LogP contribution in [-0.4, -0.2) is 41.7 Å². The predicted molar refractivity (Wildman–Crippen MR) is 99.9 cm³/mol. The fraction of sp³-hybridized carbons (Fsp3) is 0.350. The summed E-state index contributed by atoms with van der Waals surface area (Å²) >= 11 is 0. The number of anilines is 1. The van der Waals surface area contributed by atoms with Gasteiger partial charge in [0.25, 0.3) is 5.56 Å². The van der Waals surface area contributed by atoms with Crippen LogP contribution in [-0.2, 0) is 11.3 Å². The highest BCUT2D eigenvalue weighted by Crippen LogP contribution is 2.35. The number of rotatable bonds is 2. The number of ether oxygens (including phenoxy) is 1. The molecule has 7 nitrogen and oxygen atoms in total. The summed E-state index contributed by atoms with van der Waals surface area (Å²) in [6, 6.07) is 11.8. The Morgan fingerprint density at radius 3 is 2.74 bits per heavy atom. The van der Waals surface area contributed by atoms with Crippen LogP contribution in [0.2, 0.25) is 0 Å². The van der Waals surface area contributed by atoms with Gasteiger partial charge in [-0.3, -0.25) is 4.79 Å². The van der Waals surface area contributed by atoms with Crippen LogP contribution in [0.5, 0.6) is 0 Å². The first-order valence-electron chi connectivity index (χ1n) is 8.99. The third-order valence-electron chi connectivity index (χ3n) is 5.30. The molecule has 1 aromatic carbocycles. The van der Waals surface area contributed by atoms with Gasteiger partial charge in [-0.15, -0.1) is 0 Å². The van der Waals surface area contributed by atoms with Crippen molar-refractivity contribution in [1.29, 1.82) is 0 Å². The average molecular weight is 367 g/mol. The van der Waals surface area contributed by atoms with Gasteiger partial charge in [0.15, 0.2) is 0 Å². The van der Waals surface area contributed by atoms with E-state index in [1.807, 2.05) is 10.6 Å². The second-order valence-corrected chi connectivity index (χ2v) is 7.11. The van der Waals surface area contributed by atoms with Gasteiger partial charge in [-0.05, 0) is 36.6 Å². The van der Waals surface area contributed by atoms with Crippen LogP contribution in [0.25, 0.3) is 0 Å². The van der Waals surface area contributed by atoms with Crippen LogP contribution in [0.1, 0.15) is 28.4 Å². The quantitative estimate of drug-likeness (QED) is 0.826. The van der Waals surface area contributed by atoms with E-state index in [1.165, 1.54) is 7.11 Å². The maximum absolute atomic E-state index is 12.8. The van der Waals surface area contributed by atoms with Crippen LogP contribution in [0, 0.1) is 5.92 Å². The summed E-state index contributed by atoms with van der Waals surface area (Å²) in [7, 11) is 1.32. The molecule has 140 valence electrons. The first-order chi connectivity index (χ1) is 13.0. The summed E-state index contributed by atoms with van der Waals surface area (Å²) in [5, 5.41) is 2.87. The monoisotopic (exact) mass is 367 g/mol. The zero-order valence-corrected chi connectivity index (χ0v) is 15.1. The summed E-state index contributed by atoms with van der Waals surface area (Å²) < 4.78 is 6.56. The summed E-state index contributed by atoms with van der Waals surface area (Å²) in [6.45, 7) is 1.83. The van der Waals surface area contributed by atoms with Crippen molar-refractivity contribution in [2.24, 2.45) is 5.92 Å². The lowest BCUT2D eigenvalue weighted by Gasteiger charge is -2.42. The molecule has 1 saturated heterocycles. The Kier molecular flexibility index (Phi) is 4.43. The first kappa shape index (κ1) is 17.3. The van der Waals surface area contributed by atoms with Gasteiger partial charge in [0.2, 0.25) is 0 Å². The van der Waals surface area contributed by atoms with Gasteiger partial charge in [-0.25, -0.2) is 9.59 Å². The number of amides is 2. The molecule has 2 bridgehead atoms. The number of carbonyl (C=O) groups excluding carboxylic acids is 2. The third kappa shape index (κ3) is 3.32. The summed E-state index contributed by atoms with van der Waals surface area (Å²) in [5.41, 5.74) is 1.97. The molecule has 1 fully saturated rings. The molecule has 1 N–H and O–H groups in total. The standard InChI is InChI=1S/C20H21N3O4/c1-27-19(25)14-4-2-5-16(9-14)21-20(26)22-10-13-8-15(12-22)17-6-3-7-18(24)23(17)11-13/h2-7,9,13,15H,8,10-12H2,1H3,(H,21,26)/t13-,15+/m1/s1. The fourth-order valence-electron chi connectivity index (χ4n) is 4.11. The Hall–Kier alpha value is -3.09. The number of methoxy groups -OCH3 is 1. The van der Waals surface area contributed by atoms with E-state index in [9.17, 15) is 14.4 Å². The van der Waals surface area contributed by atoms with E-state index in [-0.39, 0.29) is 23.4 Å². The topological polar surface area (TPSA) is 80.6 Å². The molecule has 2 amide bonds. The van der Waals surface area contributed by atoms with Gasteiger partial charge < -0.3 is 19.5 Å². The van der Waals surface area contributed by atoms with E-state index in [2.05, 4.69) is 5.32 Å². The summed E-state index contributed by atoms with van der Waals surface area (Å²) in [6.07, 6.45) is 0.991. The maximum atomic E-state index is 12.8. The van der Waals surface area contributed by atoms with Gasteiger partial charge in [0.05, 0.1) is 12.7 Å². The van der Waals surface area contributed by atoms with Crippen LogP contribution < -0.4 is 10.9 Å². The maximum Gasteiger partial charge on any atom is 0.337 e. The van der Waals surface area contributed by atoms with Crippen molar-refractivity contribution in [3.8, 4) is 0 Å². The number of pyridine rings is 1. The highest BCUT2D eigenvalue weighted by Gasteiger charge is 2.36. The lowest BCUT2D eigenvalue weighted by molar-refractivity contribution is 0.0600. The number of hydrogen-bond donors (Lipinski definition) is 1. The highest BCUT2D eigenvalue weighted by molar-refractivity contribution is 5.94. The van der Waals surface area contributed by atoms with Crippen molar-refractivity contribution >= 4 is 17.7 Å². The third-order valence-corrected chi connectivity index (χ3v) is 5.30. The molecule has 0 unspecified atom stereocenters. The van der Waals surface area contributed by atoms with Crippen molar-refractivity contribution in [2.75, 3.05) is 25.5 Å². The van der Waals surface area contributed by atoms with Gasteiger partial charge in [0, 0.05) is 43.0 Å². The molecule has 0 radical (unpaired) electrons. The van der Waals surface area contributed by atoms with E-state index >= 15 is 0 Å². The number of hydrogen-bond acceptors (Lipinski definition) is 4. The predicted octanol–water partition coefficient (Wildman–Crippen LogP) is 2.29. The van der Waals surface area contributed by atoms with Crippen molar-refractivity contribution < 1.29 is 14.3 Å². The molecule has 4 rings (SSSR count). The first-order valence-corrected chi connectivity index (χ1v) is 8.99. The summed E-state index contributed by atoms with van der Waals surface area (Å²) in [5.74, 6) is -0.0114. The van der Waals surface area contributed by atoms with Gasteiger partial charge in [-0.1, -0.05) is 12.1 Å². The minimum Gasteiger partial charge on any atom is -0.465 e. The molecule has 0 spiro atoms. The van der Waals surface area contributed by atoms with Crippen LogP contribution in [0.15, 0.2) is 47.3 Å². The van der Waals surface area contributed by atoms with Crippen LogP contribution in [0.3, 0.4) is 0 Å². The lowest BCUT2D eigenvalue weighted by Crippen LogP contribution is -2.50. The van der Waals surface area contributed by atoms with E-state index < -0.39 is 5.97 Å². The Morgan fingerprint density at radius 1 is 1.11 bits per heavy atom. The lowest BCUT2D eigenvalue weighted by atomic mass is 9.83. The molecular formula is C20H21N3O4. The van der Waals surface area contributed by atoms with Gasteiger partial charge in [0.1, 0.15) is 0 Å². The number of piperidine rings is 1. The number of esters is 1. The normalized spacial score (nSPS) is 20.6. The van der Waals surface area contributed by atoms with Crippen molar-refractivity contribution in [2.45, 2.75) is 18.9 Å². The molecule has 3 heterocycles. The Bertz CT molecular complexity index is 952. The van der Waals surface area contributed by atoms with Crippen molar-refractivity contribution in [3.63, 3.8) is 0 Å². The molecule has 2 atom stereocenters. The zero-order chi connectivity index (χ0) is 19.0. The minimum atomic E-state index is -0.444. The Labute approximate surface area is 156 Å². The molecule has 2 aliphatic heterocycles. The van der Waals surface area contributed by atoms with Crippen molar-refractivity contribution in [1.82, 2.24) is 9.47 Å². The number of nitrogens with zero attached hydrogens (tertiary/aromatic N) is 2. The Morgan fingerprint density at radius 2 is 1.93 bits per heavy atom. The fourth-order valence-corrected chi connectivity index (χ4v) is 4.11. The number of likely N-dealkylation sites (tertiary alicyclic amines) is 1. The average Bonchev–Trinajstić information content (AvgIpc) is 2.68. The highest BCUT2D eigenvalue weighted by atomic mass is 16.5. The summed E-state index contributed by atoms with van der Waals surface area (Å²) in [4.78, 5) is 38.3. The van der Waals surface area contributed by atoms with Gasteiger partial charge in [-0.2, -0.15) is 0 Å². The van der Waals surface area contributed by atoms with Crippen LogP contribution >= 0.6 is 0 Å². The number of urea groups is 1. The SMILES string of the molecule is COC(=O)c1cccc(NC(=O)N2C[C@H]3C[C@@H](C2)c2cccc(=O)n2C3)c1. The number of fused-ring (bicyclic) bond motifs is 4. The molecule has 7 heteroatoms. The molecule has 0 aliphatic carbocycles. The van der Waals surface area contributed by atoms with E-state index in [1.54, 1.807) is 41.3 Å². The molecule has 2 aliphatic rings. The number of benzene rings is 1. The molecule has 1 aromatic heterocycles. The van der Waals surface area contributed by atoms with Gasteiger partial charge >= 0.3 is 12.0 Å². The molecule has 2 aromatic rings. The molecular weight excluding hydrogens is 346 g/mol. The molecule has 27 heavy (non-hydrogen) atoms. The number of aromatic nitrogens is 1. The second-order valence-electron chi connectivity index (χ2n) is 7.11. The van der Waals surface area contributed by atoms with E-state index in [4.69, 9.17) is 4.74 Å². The minimum absolute atomic E-state index is 0.0275. The van der Waals surface area contributed by atoms with Crippen molar-refractivity contribution in [3.05, 3.63) is 64.1 Å². The Balaban J connectivity index is 1.50. The zero-order valence-electron chi connectivity index (χ0n) is 15.1. The smallest absolute Gasteiger partial charge is 0.337 e. The second kappa shape index (κ2) is 6.90. The van der Waals surface area contributed by atoms with Crippen LogP contribution in [0.4, 0.5) is 10.5 Å². The largest absolute Gasteiger partial charge is 0.465 e. The van der Waals surface area contributed by atoms with E-state index in [0.717, 1.165) is 12.1 Å². The number of carbonyl (C=O) groups is 2. The molecule has 0 saturated carbocycles. The van der Waals surface area contributed by atoms with E-state index in [0.29, 0.717) is 30.9 Å². The number of nitrogens with one attached hydrogen (secondary N) is 1.